The molecule has 0 aromatic heterocycles. The number of benzene rings is 1. The molecule has 0 spiro atoms. The van der Waals surface area contributed by atoms with E-state index in [9.17, 15) is 0 Å². The fourth-order valence-corrected chi connectivity index (χ4v) is 5.11. The first-order chi connectivity index (χ1) is 14.7. The quantitative estimate of drug-likeness (QED) is 0.461. The van der Waals surface area contributed by atoms with Crippen LogP contribution in [0.1, 0.15) is 39.0 Å². The van der Waals surface area contributed by atoms with E-state index >= 15 is 0 Å². The van der Waals surface area contributed by atoms with Gasteiger partial charge in [0.25, 0.3) is 0 Å². The van der Waals surface area contributed by atoms with E-state index in [1.54, 1.807) is 6.20 Å². The second-order valence-electron chi connectivity index (χ2n) is 8.63. The van der Waals surface area contributed by atoms with Gasteiger partial charge < -0.3 is 10.1 Å². The van der Waals surface area contributed by atoms with Crippen molar-refractivity contribution in [2.75, 3.05) is 5.32 Å². The van der Waals surface area contributed by atoms with Crippen LogP contribution in [-0.4, -0.2) is 23.6 Å². The number of nitrogens with one attached hydrogen (secondary N) is 1. The molecule has 30 heavy (non-hydrogen) atoms. The summed E-state index contributed by atoms with van der Waals surface area (Å²) in [6, 6.07) is 8.43. The molecule has 4 aliphatic rings. The monoisotopic (exact) mass is 399 g/mol. The molecule has 154 valence electrons. The van der Waals surface area contributed by atoms with Gasteiger partial charge in [-0.15, -0.1) is 0 Å². The highest BCUT2D eigenvalue weighted by Gasteiger charge is 2.61. The Hall–Kier alpha value is -2.88. The van der Waals surface area contributed by atoms with Gasteiger partial charge in [0.05, 0.1) is 17.4 Å². The van der Waals surface area contributed by atoms with Crippen molar-refractivity contribution < 1.29 is 4.74 Å². The maximum Gasteiger partial charge on any atom is 0.121 e. The van der Waals surface area contributed by atoms with E-state index in [2.05, 4.69) is 59.4 Å². The van der Waals surface area contributed by atoms with Gasteiger partial charge in [0.2, 0.25) is 0 Å². The highest BCUT2D eigenvalue weighted by molar-refractivity contribution is 6.09. The van der Waals surface area contributed by atoms with Crippen LogP contribution in [0.25, 0.3) is 0 Å². The van der Waals surface area contributed by atoms with Crippen molar-refractivity contribution in [3.05, 3.63) is 72.6 Å². The van der Waals surface area contributed by atoms with E-state index in [1.165, 1.54) is 37.0 Å². The molecule has 1 heterocycles. The first-order valence-electron chi connectivity index (χ1n) is 11.1. The Morgan fingerprint density at radius 3 is 2.97 bits per heavy atom. The number of anilines is 1. The van der Waals surface area contributed by atoms with Crippen molar-refractivity contribution in [2.24, 2.45) is 21.8 Å². The third-order valence-electron chi connectivity index (χ3n) is 6.75. The molecule has 0 saturated heterocycles. The summed E-state index contributed by atoms with van der Waals surface area (Å²) in [6.45, 7) is 5.72. The fraction of sp³-hybridized carbons (Fsp3) is 0.385. The zero-order valence-corrected chi connectivity index (χ0v) is 17.6. The van der Waals surface area contributed by atoms with Crippen LogP contribution in [0.5, 0.6) is 5.75 Å². The van der Waals surface area contributed by atoms with E-state index < -0.39 is 0 Å². The lowest BCUT2D eigenvalue weighted by Crippen LogP contribution is -2.39. The van der Waals surface area contributed by atoms with E-state index in [-0.39, 0.29) is 11.5 Å². The van der Waals surface area contributed by atoms with Crippen LogP contribution >= 0.6 is 0 Å². The van der Waals surface area contributed by atoms with Crippen molar-refractivity contribution in [3.8, 4) is 5.75 Å². The molecule has 2 saturated carbocycles. The molecule has 3 unspecified atom stereocenters. The molecular weight excluding hydrogens is 370 g/mol. The molecule has 2 fully saturated rings. The standard InChI is InChI=1S/C26H29N3O/c1-3-18(16-27-4-2)24-17-28-25-23(24)13-12-19-15-26(19,25)29-20-8-7-11-22(14-20)30-21-9-5-6-10-21/h3-4,7-8,11-14,16-17,19,21,23,29H,2,5-6,9-10,15H2,1H3/b18-3+,27-16?. The lowest BCUT2D eigenvalue weighted by Gasteiger charge is -2.28. The van der Waals surface area contributed by atoms with Gasteiger partial charge in [-0.1, -0.05) is 30.9 Å². The lowest BCUT2D eigenvalue weighted by atomic mass is 9.82. The second kappa shape index (κ2) is 7.75. The van der Waals surface area contributed by atoms with Gasteiger partial charge >= 0.3 is 0 Å². The maximum absolute atomic E-state index is 6.21. The molecule has 4 nitrogen and oxygen atoms in total. The van der Waals surface area contributed by atoms with E-state index in [0.717, 1.165) is 23.4 Å². The number of hydrogen-bond donors (Lipinski definition) is 1. The topological polar surface area (TPSA) is 46.0 Å². The molecule has 4 heteroatoms. The van der Waals surface area contributed by atoms with Crippen LogP contribution in [0.3, 0.4) is 0 Å². The summed E-state index contributed by atoms with van der Waals surface area (Å²) < 4.78 is 6.21. The minimum atomic E-state index is -0.0852. The first-order valence-corrected chi connectivity index (χ1v) is 11.1. The maximum atomic E-state index is 6.21. The Morgan fingerprint density at radius 2 is 2.17 bits per heavy atom. The predicted octanol–water partition coefficient (Wildman–Crippen LogP) is 5.86. The third-order valence-corrected chi connectivity index (χ3v) is 6.75. The number of fused-ring (bicyclic) bond motifs is 3. The zero-order valence-electron chi connectivity index (χ0n) is 17.6. The first kappa shape index (κ1) is 19.1. The molecule has 1 aromatic carbocycles. The fourth-order valence-electron chi connectivity index (χ4n) is 5.11. The Labute approximate surface area is 178 Å². The lowest BCUT2D eigenvalue weighted by molar-refractivity contribution is 0.210. The Kier molecular flexibility index (Phi) is 4.93. The number of rotatable bonds is 7. The van der Waals surface area contributed by atoms with Crippen molar-refractivity contribution in [1.29, 1.82) is 0 Å². The summed E-state index contributed by atoms with van der Waals surface area (Å²) in [4.78, 5) is 9.11. The number of ether oxygens (including phenoxy) is 1. The molecule has 0 radical (unpaired) electrons. The minimum Gasteiger partial charge on any atom is -0.490 e. The second-order valence-corrected chi connectivity index (χ2v) is 8.63. The number of hydrogen-bond acceptors (Lipinski definition) is 4. The van der Waals surface area contributed by atoms with Crippen LogP contribution in [-0.2, 0) is 0 Å². The van der Waals surface area contributed by atoms with Crippen molar-refractivity contribution >= 4 is 17.6 Å². The Bertz CT molecular complexity index is 993. The summed E-state index contributed by atoms with van der Waals surface area (Å²) >= 11 is 0. The average molecular weight is 400 g/mol. The summed E-state index contributed by atoms with van der Waals surface area (Å²) in [6.07, 6.45) is 18.6. The molecule has 1 aliphatic heterocycles. The SMILES string of the molecule is C=CN=C/C(=C\C)C1=CN=C2C1C=CC1CC21Nc1cccc(OC2CCCC2)c1. The summed E-state index contributed by atoms with van der Waals surface area (Å²) in [5, 5.41) is 3.82. The van der Waals surface area contributed by atoms with Crippen LogP contribution in [0.4, 0.5) is 5.69 Å². The van der Waals surface area contributed by atoms with Crippen LogP contribution < -0.4 is 10.1 Å². The minimum absolute atomic E-state index is 0.0852. The van der Waals surface area contributed by atoms with Gasteiger partial charge in [-0.05, 0) is 62.3 Å². The van der Waals surface area contributed by atoms with Gasteiger partial charge in [0, 0.05) is 42.2 Å². The van der Waals surface area contributed by atoms with Crippen molar-refractivity contribution in [3.63, 3.8) is 0 Å². The van der Waals surface area contributed by atoms with Gasteiger partial charge in [-0.25, -0.2) is 0 Å². The molecule has 3 aliphatic carbocycles. The largest absolute Gasteiger partial charge is 0.490 e. The molecule has 1 aromatic rings. The highest BCUT2D eigenvalue weighted by Crippen LogP contribution is 2.55. The van der Waals surface area contributed by atoms with Gasteiger partial charge in [-0.2, -0.15) is 0 Å². The highest BCUT2D eigenvalue weighted by atomic mass is 16.5. The van der Waals surface area contributed by atoms with Gasteiger partial charge in [-0.3, -0.25) is 9.98 Å². The van der Waals surface area contributed by atoms with Gasteiger partial charge in [0.1, 0.15) is 5.75 Å². The normalized spacial score (nSPS) is 30.0. The molecule has 3 atom stereocenters. The zero-order chi connectivity index (χ0) is 20.6. The third kappa shape index (κ3) is 3.34. The summed E-state index contributed by atoms with van der Waals surface area (Å²) in [5.74, 6) is 1.67. The van der Waals surface area contributed by atoms with Crippen molar-refractivity contribution in [2.45, 2.75) is 50.7 Å². The predicted molar refractivity (Wildman–Crippen MR) is 124 cm³/mol. The van der Waals surface area contributed by atoms with E-state index in [0.29, 0.717) is 12.0 Å². The average Bonchev–Trinajstić information content (AvgIpc) is 3.08. The number of nitrogens with zero attached hydrogens (tertiary/aromatic N) is 2. The molecular formula is C26H29N3O. The van der Waals surface area contributed by atoms with Crippen LogP contribution in [0.15, 0.2) is 82.6 Å². The van der Waals surface area contributed by atoms with E-state index in [1.807, 2.05) is 19.3 Å². The van der Waals surface area contributed by atoms with Crippen LogP contribution in [0.2, 0.25) is 0 Å². The molecule has 5 rings (SSSR count). The van der Waals surface area contributed by atoms with Crippen LogP contribution in [0, 0.1) is 11.8 Å². The molecule has 0 bridgehead atoms. The van der Waals surface area contributed by atoms with Gasteiger partial charge in [0.15, 0.2) is 0 Å². The summed E-state index contributed by atoms with van der Waals surface area (Å²) in [7, 11) is 0. The van der Waals surface area contributed by atoms with E-state index in [4.69, 9.17) is 9.73 Å². The summed E-state index contributed by atoms with van der Waals surface area (Å²) in [5.41, 5.74) is 4.55. The Morgan fingerprint density at radius 1 is 1.30 bits per heavy atom. The number of allylic oxidation sites excluding steroid dienone is 4. The number of aliphatic imine (C=N–C) groups is 2. The Balaban J connectivity index is 1.34. The molecule has 1 N–H and O–H groups in total. The van der Waals surface area contributed by atoms with Crippen molar-refractivity contribution in [1.82, 2.24) is 0 Å². The molecule has 0 amide bonds. The smallest absolute Gasteiger partial charge is 0.121 e.